The number of hydrogen-bond acceptors (Lipinski definition) is 5. The number of hydrogen-bond donors (Lipinski definition) is 1. The first kappa shape index (κ1) is 10.5. The van der Waals surface area contributed by atoms with Crippen molar-refractivity contribution in [3.8, 4) is 0 Å². The maximum Gasteiger partial charge on any atom is 0.231 e. The molecule has 12 heavy (non-hydrogen) atoms. The van der Waals surface area contributed by atoms with Gasteiger partial charge in [-0.15, -0.1) is 4.91 Å². The highest BCUT2D eigenvalue weighted by Crippen LogP contribution is 2.13. The van der Waals surface area contributed by atoms with E-state index < -0.39 is 11.4 Å². The lowest BCUT2D eigenvalue weighted by Crippen LogP contribution is -2.42. The molecule has 6 nitrogen and oxygen atoms in total. The number of carbonyl (C=O) groups excluding carboxylic acids is 1. The van der Waals surface area contributed by atoms with Crippen molar-refractivity contribution in [2.24, 2.45) is 10.4 Å². The summed E-state index contributed by atoms with van der Waals surface area (Å²) in [6, 6.07) is 0. The van der Waals surface area contributed by atoms with Gasteiger partial charge in [-0.05, 0) is 20.8 Å². The molecule has 0 rings (SSSR count). The van der Waals surface area contributed by atoms with Crippen LogP contribution in [0.4, 0.5) is 0 Å². The van der Waals surface area contributed by atoms with Crippen LogP contribution >= 0.6 is 0 Å². The van der Waals surface area contributed by atoms with Crippen LogP contribution in [0.2, 0.25) is 0 Å². The van der Waals surface area contributed by atoms with Gasteiger partial charge in [0.25, 0.3) is 0 Å². The largest absolute Gasteiger partial charge is 0.409 e. The first-order valence-corrected chi connectivity index (χ1v) is 3.28. The molecule has 0 aliphatic heterocycles. The van der Waals surface area contributed by atoms with E-state index in [0.29, 0.717) is 0 Å². The highest BCUT2D eigenvalue weighted by molar-refractivity contribution is 6.26. The van der Waals surface area contributed by atoms with Crippen LogP contribution in [0.15, 0.2) is 10.4 Å². The molecular weight excluding hydrogens is 162 g/mol. The SMILES string of the molecule is CC(C)(C)N(N=O)C(C=O)=NO. The minimum absolute atomic E-state index is 0.257. The Labute approximate surface area is 69.8 Å². The lowest BCUT2D eigenvalue weighted by Gasteiger charge is -2.27. The summed E-state index contributed by atoms with van der Waals surface area (Å²) >= 11 is 0. The van der Waals surface area contributed by atoms with E-state index in [1.54, 1.807) is 20.8 Å². The van der Waals surface area contributed by atoms with E-state index in [1.165, 1.54) is 0 Å². The first-order valence-electron chi connectivity index (χ1n) is 3.28. The third-order valence-electron chi connectivity index (χ3n) is 1.14. The number of nitroso groups, excluding NO2 is 1. The van der Waals surface area contributed by atoms with Crippen LogP contribution in [0.5, 0.6) is 0 Å². The molecule has 0 heterocycles. The predicted octanol–water partition coefficient (Wildman–Crippen LogP) is 0.755. The summed E-state index contributed by atoms with van der Waals surface area (Å²) in [5, 5.41) is 14.3. The summed E-state index contributed by atoms with van der Waals surface area (Å²) in [6.45, 7) is 4.97. The van der Waals surface area contributed by atoms with E-state index in [9.17, 15) is 9.70 Å². The Kier molecular flexibility index (Phi) is 3.33. The Balaban J connectivity index is 4.78. The molecule has 6 heteroatoms. The molecule has 1 N–H and O–H groups in total. The minimum Gasteiger partial charge on any atom is -0.409 e. The van der Waals surface area contributed by atoms with Gasteiger partial charge in [0.05, 0.1) is 10.8 Å². The molecule has 0 unspecified atom stereocenters. The molecular formula is C6H11N3O3. The van der Waals surface area contributed by atoms with Crippen LogP contribution in [-0.2, 0) is 4.79 Å². The van der Waals surface area contributed by atoms with Crippen molar-refractivity contribution in [3.05, 3.63) is 4.91 Å². The highest BCUT2D eigenvalue weighted by atomic mass is 16.4. The number of rotatable bonds is 2. The van der Waals surface area contributed by atoms with Crippen LogP contribution in [-0.4, -0.2) is 27.9 Å². The van der Waals surface area contributed by atoms with Crippen LogP contribution in [0, 0.1) is 4.91 Å². The van der Waals surface area contributed by atoms with Crippen LogP contribution in [0.3, 0.4) is 0 Å². The van der Waals surface area contributed by atoms with E-state index in [1.807, 2.05) is 0 Å². The highest BCUT2D eigenvalue weighted by Gasteiger charge is 2.26. The predicted molar refractivity (Wildman–Crippen MR) is 42.7 cm³/mol. The summed E-state index contributed by atoms with van der Waals surface area (Å²) in [7, 11) is 0. The Bertz CT molecular complexity index is 207. The van der Waals surface area contributed by atoms with Crippen LogP contribution in [0.25, 0.3) is 0 Å². The topological polar surface area (TPSA) is 82.3 Å². The van der Waals surface area contributed by atoms with E-state index >= 15 is 0 Å². The van der Waals surface area contributed by atoms with Crippen molar-refractivity contribution in [1.29, 1.82) is 0 Å². The molecule has 0 amide bonds. The summed E-state index contributed by atoms with van der Waals surface area (Å²) in [6.07, 6.45) is 0.257. The van der Waals surface area contributed by atoms with Gasteiger partial charge in [0, 0.05) is 0 Å². The maximum absolute atomic E-state index is 10.3. The molecule has 0 bridgehead atoms. The van der Waals surface area contributed by atoms with Gasteiger partial charge in [0.1, 0.15) is 0 Å². The lowest BCUT2D eigenvalue weighted by atomic mass is 10.1. The van der Waals surface area contributed by atoms with Crippen LogP contribution < -0.4 is 0 Å². The van der Waals surface area contributed by atoms with Crippen LogP contribution in [0.1, 0.15) is 20.8 Å². The van der Waals surface area contributed by atoms with Crippen molar-refractivity contribution in [3.63, 3.8) is 0 Å². The molecule has 0 aromatic carbocycles. The fourth-order valence-electron chi connectivity index (χ4n) is 0.624. The Morgan fingerprint density at radius 2 is 2.00 bits per heavy atom. The van der Waals surface area contributed by atoms with Gasteiger partial charge < -0.3 is 5.21 Å². The van der Waals surface area contributed by atoms with E-state index in [2.05, 4.69) is 10.4 Å². The molecule has 0 spiro atoms. The average molecular weight is 173 g/mol. The van der Waals surface area contributed by atoms with Gasteiger partial charge >= 0.3 is 0 Å². The van der Waals surface area contributed by atoms with Crippen molar-refractivity contribution in [2.75, 3.05) is 0 Å². The monoisotopic (exact) mass is 173 g/mol. The molecule has 0 saturated heterocycles. The fourth-order valence-corrected chi connectivity index (χ4v) is 0.624. The molecule has 0 aromatic heterocycles. The Morgan fingerprint density at radius 1 is 1.50 bits per heavy atom. The lowest BCUT2D eigenvalue weighted by molar-refractivity contribution is -0.103. The van der Waals surface area contributed by atoms with Gasteiger partial charge in [-0.2, -0.15) is 0 Å². The molecule has 68 valence electrons. The van der Waals surface area contributed by atoms with Gasteiger partial charge in [-0.1, -0.05) is 5.16 Å². The van der Waals surface area contributed by atoms with Crippen molar-refractivity contribution in [1.82, 2.24) is 5.01 Å². The maximum atomic E-state index is 10.3. The zero-order valence-corrected chi connectivity index (χ0v) is 7.18. The molecule has 0 aromatic rings. The standard InChI is InChI=1S/C6H11N3O3/c1-6(2,3)9(8-12)5(4-10)7-11/h4,11H,1-3H3. The number of nitrogens with zero attached hydrogens (tertiary/aromatic N) is 3. The van der Waals surface area contributed by atoms with Gasteiger partial charge in [-0.3, -0.25) is 4.79 Å². The Hall–Kier alpha value is -1.46. The summed E-state index contributed by atoms with van der Waals surface area (Å²) < 4.78 is 0. The number of oxime groups is 1. The second-order valence-electron chi connectivity index (χ2n) is 3.14. The third kappa shape index (κ3) is 2.30. The quantitative estimate of drug-likeness (QED) is 0.167. The molecule has 0 aliphatic rings. The smallest absolute Gasteiger partial charge is 0.231 e. The van der Waals surface area contributed by atoms with Gasteiger partial charge in [0.2, 0.25) is 5.84 Å². The van der Waals surface area contributed by atoms with E-state index in [4.69, 9.17) is 5.21 Å². The summed E-state index contributed by atoms with van der Waals surface area (Å²) in [4.78, 5) is 20.5. The molecule has 0 atom stereocenters. The minimum atomic E-state index is -0.676. The second kappa shape index (κ2) is 3.80. The normalized spacial score (nSPS) is 12.4. The first-order chi connectivity index (χ1) is 5.47. The molecule has 0 saturated carbocycles. The second-order valence-corrected chi connectivity index (χ2v) is 3.14. The number of aldehydes is 1. The summed E-state index contributed by atoms with van der Waals surface area (Å²) in [5.74, 6) is -0.405. The van der Waals surface area contributed by atoms with E-state index in [-0.39, 0.29) is 6.29 Å². The zero-order chi connectivity index (χ0) is 9.78. The van der Waals surface area contributed by atoms with Crippen molar-refractivity contribution < 1.29 is 10.0 Å². The van der Waals surface area contributed by atoms with Crippen molar-refractivity contribution in [2.45, 2.75) is 26.3 Å². The molecule has 0 aliphatic carbocycles. The van der Waals surface area contributed by atoms with Gasteiger partial charge in [-0.25, -0.2) is 5.01 Å². The summed E-state index contributed by atoms with van der Waals surface area (Å²) in [5.41, 5.74) is -0.676. The van der Waals surface area contributed by atoms with E-state index in [0.717, 1.165) is 5.01 Å². The fraction of sp³-hybridized carbons (Fsp3) is 0.667. The average Bonchev–Trinajstić information content (AvgIpc) is 1.97. The Morgan fingerprint density at radius 3 is 2.08 bits per heavy atom. The zero-order valence-electron chi connectivity index (χ0n) is 7.18. The van der Waals surface area contributed by atoms with Gasteiger partial charge in [0.15, 0.2) is 6.29 Å². The number of amidine groups is 1. The third-order valence-corrected chi connectivity index (χ3v) is 1.14. The number of carbonyl (C=O) groups is 1. The van der Waals surface area contributed by atoms with Crippen molar-refractivity contribution >= 4 is 12.1 Å². The molecule has 0 radical (unpaired) electrons. The molecule has 0 fully saturated rings.